The average molecular weight is 588 g/mol. The Kier molecular flexibility index (Phi) is 11.4. The second-order valence-corrected chi connectivity index (χ2v) is 11.1. The van der Waals surface area contributed by atoms with Crippen LogP contribution in [0.4, 0.5) is 0 Å². The third-order valence-corrected chi connectivity index (χ3v) is 7.84. The van der Waals surface area contributed by atoms with E-state index in [2.05, 4.69) is 21.2 Å². The number of rotatable bonds is 12. The second-order valence-electron chi connectivity index (χ2n) is 8.76. The molecule has 0 aliphatic heterocycles. The molecule has 4 nitrogen and oxygen atoms in total. The summed E-state index contributed by atoms with van der Waals surface area (Å²) in [6, 6.07) is 24.8. The summed E-state index contributed by atoms with van der Waals surface area (Å²) in [6.45, 7) is 4.37. The number of thioether (sulfide) groups is 1. The summed E-state index contributed by atoms with van der Waals surface area (Å²) < 4.78 is 0.967. The normalized spacial score (nSPS) is 12.6. The highest BCUT2D eigenvalue weighted by Gasteiger charge is 2.30. The summed E-state index contributed by atoms with van der Waals surface area (Å²) in [6.07, 6.45) is 1.26. The Morgan fingerprint density at radius 2 is 1.64 bits per heavy atom. The summed E-state index contributed by atoms with van der Waals surface area (Å²) in [5, 5.41) is 3.80. The molecule has 0 saturated carbocycles. The van der Waals surface area contributed by atoms with Gasteiger partial charge in [0.15, 0.2) is 0 Å². The van der Waals surface area contributed by atoms with E-state index in [0.717, 1.165) is 27.6 Å². The molecule has 3 rings (SSSR count). The summed E-state index contributed by atoms with van der Waals surface area (Å²) in [5.74, 6) is 0.675. The fraction of sp³-hybridized carbons (Fsp3) is 0.310. The molecule has 0 bridgehead atoms. The lowest BCUT2D eigenvalue weighted by molar-refractivity contribution is -0.139. The maximum Gasteiger partial charge on any atom is 0.243 e. The standard InChI is InChI=1S/C29H32BrClN2O2S/c1-3-21(2)32-29(35)27(17-22-9-5-4-6-10-22)33(18-23-13-15-25(30)16-14-23)28(34)20-36-19-24-11-7-8-12-26(24)31/h4-16,21,27H,3,17-20H2,1-2H3,(H,32,35)/t21-,27+/m1/s1. The van der Waals surface area contributed by atoms with Crippen LogP contribution in [-0.2, 0) is 28.3 Å². The van der Waals surface area contributed by atoms with Crippen LogP contribution in [-0.4, -0.2) is 34.6 Å². The molecule has 1 N–H and O–H groups in total. The average Bonchev–Trinajstić information content (AvgIpc) is 2.88. The van der Waals surface area contributed by atoms with Gasteiger partial charge in [-0.3, -0.25) is 9.59 Å². The van der Waals surface area contributed by atoms with Gasteiger partial charge in [0.25, 0.3) is 0 Å². The molecule has 0 spiro atoms. The van der Waals surface area contributed by atoms with Crippen molar-refractivity contribution in [2.75, 3.05) is 5.75 Å². The number of nitrogens with zero attached hydrogens (tertiary/aromatic N) is 1. The highest BCUT2D eigenvalue weighted by Crippen LogP contribution is 2.23. The van der Waals surface area contributed by atoms with Gasteiger partial charge in [-0.05, 0) is 48.2 Å². The van der Waals surface area contributed by atoms with Crippen LogP contribution in [0.15, 0.2) is 83.3 Å². The van der Waals surface area contributed by atoms with Crippen LogP contribution in [0.1, 0.15) is 37.0 Å². The molecule has 0 aliphatic carbocycles. The molecule has 0 saturated heterocycles. The molecule has 2 atom stereocenters. The summed E-state index contributed by atoms with van der Waals surface area (Å²) >= 11 is 11.3. The molecule has 0 aromatic heterocycles. The predicted octanol–water partition coefficient (Wildman–Crippen LogP) is 6.89. The van der Waals surface area contributed by atoms with Gasteiger partial charge in [-0.25, -0.2) is 0 Å². The monoisotopic (exact) mass is 586 g/mol. The molecular formula is C29H32BrClN2O2S. The quantitative estimate of drug-likeness (QED) is 0.251. The van der Waals surface area contributed by atoms with Gasteiger partial charge in [0.05, 0.1) is 5.75 Å². The van der Waals surface area contributed by atoms with Crippen molar-refractivity contribution in [2.45, 2.75) is 51.1 Å². The highest BCUT2D eigenvalue weighted by atomic mass is 79.9. The molecule has 7 heteroatoms. The van der Waals surface area contributed by atoms with E-state index in [1.165, 1.54) is 11.8 Å². The van der Waals surface area contributed by atoms with Crippen molar-refractivity contribution >= 4 is 51.1 Å². The van der Waals surface area contributed by atoms with Crippen LogP contribution in [0, 0.1) is 0 Å². The first-order valence-corrected chi connectivity index (χ1v) is 14.4. The fourth-order valence-corrected chi connectivity index (χ4v) is 5.19. The minimum atomic E-state index is -0.626. The summed E-state index contributed by atoms with van der Waals surface area (Å²) in [4.78, 5) is 28.9. The molecule has 190 valence electrons. The van der Waals surface area contributed by atoms with E-state index in [1.807, 2.05) is 92.7 Å². The lowest BCUT2D eigenvalue weighted by Crippen LogP contribution is -2.52. The number of nitrogens with one attached hydrogen (secondary N) is 1. The maximum atomic E-state index is 13.7. The highest BCUT2D eigenvalue weighted by molar-refractivity contribution is 9.10. The maximum absolute atomic E-state index is 13.7. The molecule has 36 heavy (non-hydrogen) atoms. The van der Waals surface area contributed by atoms with Crippen molar-refractivity contribution in [2.24, 2.45) is 0 Å². The Balaban J connectivity index is 1.85. The van der Waals surface area contributed by atoms with Crippen molar-refractivity contribution < 1.29 is 9.59 Å². The Labute approximate surface area is 231 Å². The first kappa shape index (κ1) is 28.3. The van der Waals surface area contributed by atoms with E-state index >= 15 is 0 Å². The number of carbonyl (C=O) groups excluding carboxylic acids is 2. The molecule has 0 fully saturated rings. The SMILES string of the molecule is CC[C@@H](C)NC(=O)[C@H](Cc1ccccc1)N(Cc1ccc(Br)cc1)C(=O)CSCc1ccccc1Cl. The molecule has 3 aromatic carbocycles. The van der Waals surface area contributed by atoms with Crippen molar-refractivity contribution in [3.63, 3.8) is 0 Å². The lowest BCUT2D eigenvalue weighted by Gasteiger charge is -2.32. The number of benzene rings is 3. The van der Waals surface area contributed by atoms with Crippen LogP contribution in [0.5, 0.6) is 0 Å². The third kappa shape index (κ3) is 8.68. The molecule has 0 unspecified atom stereocenters. The van der Waals surface area contributed by atoms with Crippen molar-refractivity contribution in [1.29, 1.82) is 0 Å². The molecule has 0 radical (unpaired) electrons. The summed E-state index contributed by atoms with van der Waals surface area (Å²) in [7, 11) is 0. The largest absolute Gasteiger partial charge is 0.352 e. The van der Waals surface area contributed by atoms with E-state index in [4.69, 9.17) is 11.6 Å². The molecular weight excluding hydrogens is 556 g/mol. The van der Waals surface area contributed by atoms with Crippen LogP contribution < -0.4 is 5.32 Å². The van der Waals surface area contributed by atoms with Gasteiger partial charge in [-0.2, -0.15) is 0 Å². The molecule has 3 aromatic rings. The zero-order valence-corrected chi connectivity index (χ0v) is 23.8. The van der Waals surface area contributed by atoms with E-state index < -0.39 is 6.04 Å². The first-order chi connectivity index (χ1) is 17.4. The topological polar surface area (TPSA) is 49.4 Å². The van der Waals surface area contributed by atoms with Crippen LogP contribution in [0.25, 0.3) is 0 Å². The molecule has 0 heterocycles. The second kappa shape index (κ2) is 14.5. The van der Waals surface area contributed by atoms with E-state index in [-0.39, 0.29) is 23.6 Å². The number of halogens is 2. The summed E-state index contributed by atoms with van der Waals surface area (Å²) in [5.41, 5.74) is 2.97. The first-order valence-electron chi connectivity index (χ1n) is 12.1. The fourth-order valence-electron chi connectivity index (χ4n) is 3.73. The number of hydrogen-bond acceptors (Lipinski definition) is 3. The van der Waals surface area contributed by atoms with Gasteiger partial charge >= 0.3 is 0 Å². The van der Waals surface area contributed by atoms with Crippen LogP contribution >= 0.6 is 39.3 Å². The van der Waals surface area contributed by atoms with E-state index in [9.17, 15) is 9.59 Å². The third-order valence-electron chi connectivity index (χ3n) is 5.98. The zero-order chi connectivity index (χ0) is 25.9. The smallest absolute Gasteiger partial charge is 0.243 e. The zero-order valence-electron chi connectivity index (χ0n) is 20.6. The van der Waals surface area contributed by atoms with Crippen molar-refractivity contribution in [3.8, 4) is 0 Å². The minimum absolute atomic E-state index is 0.0232. The Bertz CT molecular complexity index is 1130. The van der Waals surface area contributed by atoms with Crippen molar-refractivity contribution in [1.82, 2.24) is 10.2 Å². The van der Waals surface area contributed by atoms with Gasteiger partial charge < -0.3 is 10.2 Å². The molecule has 2 amide bonds. The predicted molar refractivity (Wildman–Crippen MR) is 154 cm³/mol. The number of amides is 2. The Morgan fingerprint density at radius 1 is 0.972 bits per heavy atom. The van der Waals surface area contributed by atoms with Crippen LogP contribution in [0.2, 0.25) is 5.02 Å². The van der Waals surface area contributed by atoms with Gasteiger partial charge in [0.2, 0.25) is 11.8 Å². The lowest BCUT2D eigenvalue weighted by atomic mass is 10.0. The molecule has 0 aliphatic rings. The van der Waals surface area contributed by atoms with Gasteiger partial charge in [-0.1, -0.05) is 95.1 Å². The Morgan fingerprint density at radius 3 is 2.31 bits per heavy atom. The van der Waals surface area contributed by atoms with Crippen LogP contribution in [0.3, 0.4) is 0 Å². The number of carbonyl (C=O) groups is 2. The number of hydrogen-bond donors (Lipinski definition) is 1. The van der Waals surface area contributed by atoms with Gasteiger partial charge in [-0.15, -0.1) is 11.8 Å². The van der Waals surface area contributed by atoms with E-state index in [1.54, 1.807) is 4.90 Å². The van der Waals surface area contributed by atoms with E-state index in [0.29, 0.717) is 23.7 Å². The van der Waals surface area contributed by atoms with Gasteiger partial charge in [0, 0.05) is 34.3 Å². The van der Waals surface area contributed by atoms with Gasteiger partial charge in [0.1, 0.15) is 6.04 Å². The van der Waals surface area contributed by atoms with Crippen molar-refractivity contribution in [3.05, 3.63) is 105 Å². The minimum Gasteiger partial charge on any atom is -0.352 e. The Hall–Kier alpha value is -2.28.